The average molecular weight is 341 g/mol. The zero-order chi connectivity index (χ0) is 9.00. The van der Waals surface area contributed by atoms with Gasteiger partial charge in [-0.1, -0.05) is 0 Å². The van der Waals surface area contributed by atoms with Crippen molar-refractivity contribution in [3.63, 3.8) is 0 Å². The fourth-order valence-corrected chi connectivity index (χ4v) is 0. The average Bonchev–Trinajstić information content (AvgIpc) is 1.12. The summed E-state index contributed by atoms with van der Waals surface area (Å²) in [5, 5.41) is 0. The molecule has 12 heavy (non-hydrogen) atoms. The Labute approximate surface area is 92.1 Å². The summed E-state index contributed by atoms with van der Waals surface area (Å²) >= 11 is 0. The molecule has 2 N–H and O–H groups in total. The summed E-state index contributed by atoms with van der Waals surface area (Å²) in [5.74, 6) is 0. The minimum atomic E-state index is -5.17. The fraction of sp³-hybridized carbons (Fsp3) is 0. The monoisotopic (exact) mass is 340 g/mol. The first-order chi connectivity index (χ1) is 4.00. The Balaban J connectivity index is -0.0000000457. The van der Waals surface area contributed by atoms with Crippen LogP contribution in [0.2, 0.25) is 0 Å². The van der Waals surface area contributed by atoms with Gasteiger partial charge >= 0.3 is 46.9 Å². The third-order valence-electron chi connectivity index (χ3n) is 0. The van der Waals surface area contributed by atoms with E-state index in [-0.39, 0.29) is 36.5 Å². The van der Waals surface area contributed by atoms with Crippen LogP contribution in [-0.4, -0.2) is 52.1 Å². The van der Waals surface area contributed by atoms with E-state index in [1.54, 1.807) is 0 Å². The van der Waals surface area contributed by atoms with Gasteiger partial charge in [-0.15, -0.1) is 0 Å². The van der Waals surface area contributed by atoms with Crippen molar-refractivity contribution >= 4 is 37.9 Å². The normalized spacial score (nSPS) is 9.67. The van der Waals surface area contributed by atoms with Crippen LogP contribution >= 0.6 is 0 Å². The maximum absolute atomic E-state index is 8.74. The van der Waals surface area contributed by atoms with E-state index in [1.165, 1.54) is 0 Å². The molecule has 0 aromatic heterocycles. The second-order valence-electron chi connectivity index (χ2n) is 0.856. The van der Waals surface area contributed by atoms with Gasteiger partial charge in [-0.2, -0.15) is 8.42 Å². The smallest absolute Gasteiger partial charge is 2.00 e. The number of rotatable bonds is 0. The molecule has 12 heteroatoms. The number of hydrogen-bond donors (Lipinski definition) is 2. The van der Waals surface area contributed by atoms with E-state index >= 15 is 0 Å². The van der Waals surface area contributed by atoms with Crippen molar-refractivity contribution in [3.8, 4) is 0 Å². The van der Waals surface area contributed by atoms with Gasteiger partial charge in [-0.3, -0.25) is 17.5 Å². The van der Waals surface area contributed by atoms with Crippen LogP contribution in [0.1, 0.15) is 0 Å². The van der Waals surface area contributed by atoms with Gasteiger partial charge in [0.2, 0.25) is 0 Å². The van der Waals surface area contributed by atoms with E-state index in [0.29, 0.717) is 0 Å². The molecular formula is H4O8S2SeZn. The predicted octanol–water partition coefficient (Wildman–Crippen LogP) is -2.91. The van der Waals surface area contributed by atoms with Crippen molar-refractivity contribution < 1.29 is 54.5 Å². The molecule has 0 aliphatic carbocycles. The Bertz CT molecular complexity index is 213. The van der Waals surface area contributed by atoms with E-state index in [9.17, 15) is 0 Å². The van der Waals surface area contributed by atoms with Crippen LogP contribution in [0.3, 0.4) is 0 Å². The van der Waals surface area contributed by atoms with Crippen LogP contribution in [-0.2, 0) is 40.3 Å². The van der Waals surface area contributed by atoms with Crippen molar-refractivity contribution in [2.45, 2.75) is 0 Å². The second kappa shape index (κ2) is 8.48. The quantitative estimate of drug-likeness (QED) is 0.270. The zero-order valence-corrected chi connectivity index (χ0v) is 12.1. The van der Waals surface area contributed by atoms with Crippen molar-refractivity contribution in [2.24, 2.45) is 0 Å². The summed E-state index contributed by atoms with van der Waals surface area (Å²) < 4.78 is 65.7. The first kappa shape index (κ1) is 23.1. The Morgan fingerprint density at radius 2 is 0.917 bits per heavy atom. The Kier molecular flexibility index (Phi) is 16.3. The minimum absolute atomic E-state index is 0. The van der Waals surface area contributed by atoms with Gasteiger partial charge in [0.25, 0.3) is 0 Å². The van der Waals surface area contributed by atoms with Gasteiger partial charge < -0.3 is 9.11 Å². The first-order valence-corrected chi connectivity index (χ1v) is 4.10. The standard InChI is InChI=1S/2H2O4S.H2Se.Zn/c2*1-5(2,3)4;;/h2*(H2,1,2,3,4);1H2;/q;;;+2/p-2. The van der Waals surface area contributed by atoms with Crippen LogP contribution in [0.4, 0.5) is 0 Å². The van der Waals surface area contributed by atoms with E-state index < -0.39 is 20.8 Å². The number of hydrogen-bond acceptors (Lipinski definition) is 6. The van der Waals surface area contributed by atoms with Crippen LogP contribution in [0.5, 0.6) is 0 Å². The van der Waals surface area contributed by atoms with Crippen LogP contribution in [0, 0.1) is 0 Å². The first-order valence-electron chi connectivity index (χ1n) is 1.37. The van der Waals surface area contributed by atoms with Crippen molar-refractivity contribution in [2.75, 3.05) is 0 Å². The maximum atomic E-state index is 8.74. The summed E-state index contributed by atoms with van der Waals surface area (Å²) in [4.78, 5) is 0. The Morgan fingerprint density at radius 3 is 0.917 bits per heavy atom. The molecule has 8 nitrogen and oxygen atoms in total. The summed E-state index contributed by atoms with van der Waals surface area (Å²) in [6.07, 6.45) is 0. The molecule has 0 heterocycles. The summed E-state index contributed by atoms with van der Waals surface area (Å²) in [6.45, 7) is 0. The van der Waals surface area contributed by atoms with Gasteiger partial charge in [0.05, 0.1) is 0 Å². The summed E-state index contributed by atoms with van der Waals surface area (Å²) in [7, 11) is -9.83. The molecule has 72 valence electrons. The molecule has 0 fully saturated rings. The molecule has 0 saturated carbocycles. The zero-order valence-electron chi connectivity index (χ0n) is 5.37. The molecule has 0 aromatic rings. The van der Waals surface area contributed by atoms with Gasteiger partial charge in [0.15, 0.2) is 0 Å². The van der Waals surface area contributed by atoms with Crippen molar-refractivity contribution in [1.29, 1.82) is 0 Å². The Hall–Kier alpha value is 0.883. The topological polar surface area (TPSA) is 155 Å². The van der Waals surface area contributed by atoms with Crippen LogP contribution in [0.15, 0.2) is 0 Å². The second-order valence-corrected chi connectivity index (χ2v) is 2.57. The third-order valence-corrected chi connectivity index (χ3v) is 0. The molecule has 0 bridgehead atoms. The van der Waals surface area contributed by atoms with Crippen molar-refractivity contribution in [1.82, 2.24) is 0 Å². The Morgan fingerprint density at radius 1 is 0.917 bits per heavy atom. The molecule has 0 spiro atoms. The van der Waals surface area contributed by atoms with Crippen molar-refractivity contribution in [3.05, 3.63) is 0 Å². The molecule has 0 aliphatic rings. The SMILES string of the molecule is O=S(=O)(O)O.O=S(=O)([O-])[O-].[SeH2].[Zn+2]. The summed E-state index contributed by atoms with van der Waals surface area (Å²) in [5.41, 5.74) is 0. The summed E-state index contributed by atoms with van der Waals surface area (Å²) in [6, 6.07) is 0. The van der Waals surface area contributed by atoms with Gasteiger partial charge in [0, 0.05) is 10.4 Å². The molecule has 0 saturated heterocycles. The third kappa shape index (κ3) is 1360. The van der Waals surface area contributed by atoms with Gasteiger partial charge in [-0.25, -0.2) is 0 Å². The molecule has 0 amide bonds. The molecule has 0 aliphatic heterocycles. The molecule has 0 rings (SSSR count). The van der Waals surface area contributed by atoms with Gasteiger partial charge in [-0.05, 0) is 0 Å². The minimum Gasteiger partial charge on any atom is 2.00 e. The molecule has 0 radical (unpaired) electrons. The van der Waals surface area contributed by atoms with Crippen LogP contribution < -0.4 is 0 Å². The van der Waals surface area contributed by atoms with Gasteiger partial charge in [0.1, 0.15) is 0 Å². The van der Waals surface area contributed by atoms with E-state index in [0.717, 1.165) is 0 Å². The largest absolute Gasteiger partial charge is 2.00 e. The van der Waals surface area contributed by atoms with E-state index in [4.69, 9.17) is 35.0 Å². The molecule has 0 unspecified atom stereocenters. The van der Waals surface area contributed by atoms with E-state index in [2.05, 4.69) is 0 Å². The maximum Gasteiger partial charge on any atom is 2.00 e. The molecular weight excluding hydrogens is 336 g/mol. The molecule has 0 atom stereocenters. The fourth-order valence-electron chi connectivity index (χ4n) is 0. The predicted molar refractivity (Wildman–Crippen MR) is 33.2 cm³/mol. The van der Waals surface area contributed by atoms with Crippen LogP contribution in [0.25, 0.3) is 0 Å². The van der Waals surface area contributed by atoms with E-state index in [1.807, 2.05) is 0 Å². The molecule has 0 aromatic carbocycles.